The molecule has 1 saturated heterocycles. The highest BCUT2D eigenvalue weighted by Crippen LogP contribution is 2.34. The number of imide groups is 2. The molecule has 132 valence electrons. The lowest BCUT2D eigenvalue weighted by molar-refractivity contribution is -0.136. The van der Waals surface area contributed by atoms with E-state index in [9.17, 15) is 19.2 Å². The second-order valence-electron chi connectivity index (χ2n) is 6.70. The predicted octanol–water partition coefficient (Wildman–Crippen LogP) is 2.19. The average molecular weight is 350 g/mol. The van der Waals surface area contributed by atoms with Crippen LogP contribution >= 0.6 is 0 Å². The molecule has 0 spiro atoms. The lowest BCUT2D eigenvalue weighted by atomic mass is 9.88. The van der Waals surface area contributed by atoms with E-state index in [0.29, 0.717) is 16.5 Å². The fourth-order valence-corrected chi connectivity index (χ4v) is 3.87. The Balaban J connectivity index is 1.85. The minimum atomic E-state index is -0.952. The number of carbonyl (C=O) groups excluding carboxylic acids is 4. The number of amides is 4. The predicted molar refractivity (Wildman–Crippen MR) is 94.6 cm³/mol. The van der Waals surface area contributed by atoms with E-state index >= 15 is 0 Å². The zero-order chi connectivity index (χ0) is 18.4. The minimum Gasteiger partial charge on any atom is -0.295 e. The van der Waals surface area contributed by atoms with E-state index in [4.69, 9.17) is 0 Å². The summed E-state index contributed by atoms with van der Waals surface area (Å²) in [6.45, 7) is 2.08. The summed E-state index contributed by atoms with van der Waals surface area (Å²) in [6.07, 6.45) is 2.09. The Bertz CT molecular complexity index is 957. The summed E-state index contributed by atoms with van der Waals surface area (Å²) in [7, 11) is 0. The van der Waals surface area contributed by atoms with Crippen LogP contribution in [0.2, 0.25) is 0 Å². The van der Waals surface area contributed by atoms with Crippen LogP contribution in [0.1, 0.15) is 52.5 Å². The van der Waals surface area contributed by atoms with Gasteiger partial charge in [0.2, 0.25) is 11.8 Å². The van der Waals surface area contributed by atoms with Crippen molar-refractivity contribution in [2.75, 3.05) is 0 Å². The van der Waals surface area contributed by atoms with Crippen LogP contribution in [-0.4, -0.2) is 34.6 Å². The maximum Gasteiger partial charge on any atom is 0.262 e. The van der Waals surface area contributed by atoms with Crippen LogP contribution in [0.25, 0.3) is 10.8 Å². The van der Waals surface area contributed by atoms with E-state index < -0.39 is 23.8 Å². The van der Waals surface area contributed by atoms with Crippen LogP contribution < -0.4 is 5.32 Å². The third-order valence-electron chi connectivity index (χ3n) is 5.07. The molecule has 1 N–H and O–H groups in total. The van der Waals surface area contributed by atoms with Gasteiger partial charge in [0.1, 0.15) is 6.04 Å². The smallest absolute Gasteiger partial charge is 0.262 e. The van der Waals surface area contributed by atoms with Crippen LogP contribution in [0, 0.1) is 0 Å². The third kappa shape index (κ3) is 2.33. The maximum atomic E-state index is 13.0. The molecule has 2 aliphatic heterocycles. The Labute approximate surface area is 150 Å². The summed E-state index contributed by atoms with van der Waals surface area (Å²) in [6, 6.07) is 8.12. The number of aryl methyl sites for hydroxylation is 1. The molecule has 1 unspecified atom stereocenters. The highest BCUT2D eigenvalue weighted by atomic mass is 16.2. The number of nitrogens with zero attached hydrogens (tertiary/aromatic N) is 1. The Morgan fingerprint density at radius 3 is 2.46 bits per heavy atom. The van der Waals surface area contributed by atoms with Gasteiger partial charge in [-0.3, -0.25) is 29.4 Å². The van der Waals surface area contributed by atoms with E-state index in [1.54, 1.807) is 18.2 Å². The van der Waals surface area contributed by atoms with Gasteiger partial charge in [-0.1, -0.05) is 31.5 Å². The van der Waals surface area contributed by atoms with E-state index in [1.165, 1.54) is 0 Å². The third-order valence-corrected chi connectivity index (χ3v) is 5.07. The highest BCUT2D eigenvalue weighted by Gasteiger charge is 2.42. The molecule has 1 atom stereocenters. The molecule has 6 heteroatoms. The van der Waals surface area contributed by atoms with E-state index in [-0.39, 0.29) is 18.7 Å². The number of benzene rings is 2. The first-order valence-electron chi connectivity index (χ1n) is 8.79. The summed E-state index contributed by atoms with van der Waals surface area (Å²) in [5.74, 6) is -1.93. The van der Waals surface area contributed by atoms with Crippen molar-refractivity contribution in [2.24, 2.45) is 0 Å². The first-order chi connectivity index (χ1) is 12.5. The first kappa shape index (κ1) is 16.4. The normalized spacial score (nSPS) is 19.9. The Morgan fingerprint density at radius 2 is 1.77 bits per heavy atom. The molecule has 0 aliphatic carbocycles. The number of nitrogens with one attached hydrogen (secondary N) is 1. The molecule has 2 heterocycles. The second-order valence-corrected chi connectivity index (χ2v) is 6.70. The number of carbonyl (C=O) groups is 4. The van der Waals surface area contributed by atoms with Crippen molar-refractivity contribution in [3.63, 3.8) is 0 Å². The van der Waals surface area contributed by atoms with Crippen LogP contribution in [0.5, 0.6) is 0 Å². The molecule has 4 amide bonds. The van der Waals surface area contributed by atoms with Crippen molar-refractivity contribution >= 4 is 34.4 Å². The maximum absolute atomic E-state index is 13.0. The van der Waals surface area contributed by atoms with Crippen LogP contribution in [0.4, 0.5) is 0 Å². The van der Waals surface area contributed by atoms with Gasteiger partial charge < -0.3 is 0 Å². The summed E-state index contributed by atoms with van der Waals surface area (Å²) >= 11 is 0. The summed E-state index contributed by atoms with van der Waals surface area (Å²) in [5.41, 5.74) is 1.96. The fraction of sp³-hybridized carbons (Fsp3) is 0.300. The Morgan fingerprint density at radius 1 is 1.04 bits per heavy atom. The van der Waals surface area contributed by atoms with Crippen molar-refractivity contribution in [3.8, 4) is 0 Å². The van der Waals surface area contributed by atoms with Crippen molar-refractivity contribution in [2.45, 2.75) is 38.6 Å². The quantitative estimate of drug-likeness (QED) is 0.860. The molecule has 26 heavy (non-hydrogen) atoms. The topological polar surface area (TPSA) is 83.6 Å². The van der Waals surface area contributed by atoms with Gasteiger partial charge in [0.15, 0.2) is 0 Å². The molecule has 2 aromatic carbocycles. The summed E-state index contributed by atoms with van der Waals surface area (Å²) < 4.78 is 0. The van der Waals surface area contributed by atoms with Gasteiger partial charge in [-0.05, 0) is 35.9 Å². The Kier molecular flexibility index (Phi) is 3.83. The molecule has 2 aromatic rings. The van der Waals surface area contributed by atoms with Crippen molar-refractivity contribution in [1.29, 1.82) is 0 Å². The molecule has 0 saturated carbocycles. The molecular weight excluding hydrogens is 332 g/mol. The SMILES string of the molecule is CCCc1ccc2c3c(cccc13)C(=O)N(C1CCC(=O)NC1=O)C2=O. The second kappa shape index (κ2) is 6.05. The monoisotopic (exact) mass is 350 g/mol. The number of piperidine rings is 1. The minimum absolute atomic E-state index is 0.111. The van der Waals surface area contributed by atoms with Crippen molar-refractivity contribution < 1.29 is 19.2 Å². The fourth-order valence-electron chi connectivity index (χ4n) is 3.87. The van der Waals surface area contributed by atoms with Crippen LogP contribution in [0.15, 0.2) is 30.3 Å². The van der Waals surface area contributed by atoms with Crippen molar-refractivity contribution in [1.82, 2.24) is 10.2 Å². The van der Waals surface area contributed by atoms with Gasteiger partial charge in [0.25, 0.3) is 11.8 Å². The average Bonchev–Trinajstić information content (AvgIpc) is 2.62. The van der Waals surface area contributed by atoms with Crippen molar-refractivity contribution in [3.05, 3.63) is 47.0 Å². The largest absolute Gasteiger partial charge is 0.295 e. The number of hydrogen-bond donors (Lipinski definition) is 1. The molecule has 0 bridgehead atoms. The molecule has 1 fully saturated rings. The van der Waals surface area contributed by atoms with Crippen LogP contribution in [0.3, 0.4) is 0 Å². The number of hydrogen-bond acceptors (Lipinski definition) is 4. The van der Waals surface area contributed by atoms with E-state index in [1.807, 2.05) is 12.1 Å². The van der Waals surface area contributed by atoms with E-state index in [0.717, 1.165) is 28.7 Å². The molecule has 2 aliphatic rings. The summed E-state index contributed by atoms with van der Waals surface area (Å²) in [4.78, 5) is 50.7. The zero-order valence-electron chi connectivity index (χ0n) is 14.4. The molecule has 4 rings (SSSR count). The standard InChI is InChI=1S/C20H18N2O4/c1-2-4-11-7-8-14-17-12(11)5-3-6-13(17)19(25)22(20(14)26)15-9-10-16(23)21-18(15)24/h3,5-8,15H,2,4,9-10H2,1H3,(H,21,23,24). The number of rotatable bonds is 3. The molecule has 0 aromatic heterocycles. The van der Waals surface area contributed by atoms with Crippen LogP contribution in [-0.2, 0) is 16.0 Å². The van der Waals surface area contributed by atoms with E-state index in [2.05, 4.69) is 12.2 Å². The molecular formula is C20H18N2O4. The van der Waals surface area contributed by atoms with Gasteiger partial charge >= 0.3 is 0 Å². The van der Waals surface area contributed by atoms with Gasteiger partial charge in [0.05, 0.1) is 0 Å². The van der Waals surface area contributed by atoms with Gasteiger partial charge in [0, 0.05) is 22.9 Å². The highest BCUT2D eigenvalue weighted by molar-refractivity contribution is 6.27. The van der Waals surface area contributed by atoms with Gasteiger partial charge in [-0.15, -0.1) is 0 Å². The molecule has 0 radical (unpaired) electrons. The lowest BCUT2D eigenvalue weighted by Crippen LogP contribution is -2.57. The lowest BCUT2D eigenvalue weighted by Gasteiger charge is -2.34. The Hall–Kier alpha value is -3.02. The first-order valence-corrected chi connectivity index (χ1v) is 8.79. The zero-order valence-corrected chi connectivity index (χ0v) is 14.4. The summed E-state index contributed by atoms with van der Waals surface area (Å²) in [5, 5.41) is 3.79. The van der Waals surface area contributed by atoms with Gasteiger partial charge in [-0.25, -0.2) is 0 Å². The molecule has 6 nitrogen and oxygen atoms in total. The van der Waals surface area contributed by atoms with Gasteiger partial charge in [-0.2, -0.15) is 0 Å².